The third-order valence-corrected chi connectivity index (χ3v) is 1.17. The Hall–Kier alpha value is -2.12. The van der Waals surface area contributed by atoms with Crippen molar-refractivity contribution in [3.63, 3.8) is 0 Å². The molecule has 0 aliphatic carbocycles. The Morgan fingerprint density at radius 1 is 0.929 bits per heavy atom. The summed E-state index contributed by atoms with van der Waals surface area (Å²) in [5, 5.41) is 16.8. The molecule has 0 rings (SSSR count). The lowest BCUT2D eigenvalue weighted by Crippen LogP contribution is -2.43. The number of aliphatic carboxylic acids is 2. The average molecular weight is 206 g/mol. The van der Waals surface area contributed by atoms with Gasteiger partial charge in [-0.3, -0.25) is 9.59 Å². The summed E-state index contributed by atoms with van der Waals surface area (Å²) >= 11 is 0. The molecule has 0 saturated heterocycles. The highest BCUT2D eigenvalue weighted by Gasteiger charge is 2.37. The molecule has 2 atom stereocenters. The number of carboxylic acids is 2. The van der Waals surface area contributed by atoms with Crippen LogP contribution in [0.15, 0.2) is 0 Å². The number of carbonyl (C=O) groups is 4. The van der Waals surface area contributed by atoms with Crippen molar-refractivity contribution in [1.82, 2.24) is 0 Å². The predicted molar refractivity (Wildman–Crippen MR) is 37.1 cm³/mol. The number of carbonyl (C=O) groups excluding carboxylic acids is 2. The first kappa shape index (κ1) is 11.9. The standard InChI is InChI=1S/C6H6O8/c7-1-13-3(5(9)10)4(6(11)12)14-2-8/h1-4H,(H,9,10)(H,11,12). The lowest BCUT2D eigenvalue weighted by Gasteiger charge is -2.16. The molecule has 8 nitrogen and oxygen atoms in total. The smallest absolute Gasteiger partial charge is 0.349 e. The van der Waals surface area contributed by atoms with Gasteiger partial charge in [-0.2, -0.15) is 0 Å². The highest BCUT2D eigenvalue weighted by molar-refractivity contribution is 5.85. The van der Waals surface area contributed by atoms with Gasteiger partial charge in [-0.25, -0.2) is 9.59 Å². The number of ether oxygens (including phenoxy) is 2. The number of hydrogen-bond donors (Lipinski definition) is 2. The molecule has 0 aromatic heterocycles. The second kappa shape index (κ2) is 5.51. The monoisotopic (exact) mass is 206 g/mol. The Kier molecular flexibility index (Phi) is 4.68. The van der Waals surface area contributed by atoms with Gasteiger partial charge in [0.25, 0.3) is 12.9 Å². The van der Waals surface area contributed by atoms with E-state index in [4.69, 9.17) is 10.2 Å². The largest absolute Gasteiger partial charge is 0.478 e. The summed E-state index contributed by atoms with van der Waals surface area (Å²) in [6.45, 7) is -0.494. The predicted octanol–water partition coefficient (Wildman–Crippen LogP) is -1.76. The van der Waals surface area contributed by atoms with Gasteiger partial charge in [0.1, 0.15) is 0 Å². The van der Waals surface area contributed by atoms with Crippen molar-refractivity contribution in [2.75, 3.05) is 0 Å². The van der Waals surface area contributed by atoms with E-state index in [2.05, 4.69) is 9.47 Å². The molecular formula is C6H6O8. The molecule has 0 aromatic carbocycles. The molecule has 0 fully saturated rings. The fraction of sp³-hybridized carbons (Fsp3) is 0.333. The summed E-state index contributed by atoms with van der Waals surface area (Å²) in [4.78, 5) is 40.4. The lowest BCUT2D eigenvalue weighted by atomic mass is 10.2. The van der Waals surface area contributed by atoms with Crippen LogP contribution in [0.25, 0.3) is 0 Å². The second-order valence-corrected chi connectivity index (χ2v) is 1.98. The number of carboxylic acid groups (broad SMARTS) is 2. The third kappa shape index (κ3) is 3.09. The van der Waals surface area contributed by atoms with E-state index in [1.54, 1.807) is 0 Å². The molecule has 0 heterocycles. The molecule has 0 amide bonds. The van der Waals surface area contributed by atoms with Crippen LogP contribution in [-0.4, -0.2) is 47.3 Å². The van der Waals surface area contributed by atoms with E-state index in [0.717, 1.165) is 0 Å². The van der Waals surface area contributed by atoms with Gasteiger partial charge in [0.05, 0.1) is 0 Å². The van der Waals surface area contributed by atoms with Crippen molar-refractivity contribution < 1.29 is 38.9 Å². The van der Waals surface area contributed by atoms with Gasteiger partial charge in [-0.15, -0.1) is 0 Å². The van der Waals surface area contributed by atoms with Gasteiger partial charge in [-0.1, -0.05) is 0 Å². The van der Waals surface area contributed by atoms with Crippen LogP contribution in [0.2, 0.25) is 0 Å². The summed E-state index contributed by atoms with van der Waals surface area (Å²) < 4.78 is 7.87. The van der Waals surface area contributed by atoms with E-state index in [1.807, 2.05) is 0 Å². The van der Waals surface area contributed by atoms with E-state index in [1.165, 1.54) is 0 Å². The van der Waals surface area contributed by atoms with Gasteiger partial charge in [0.15, 0.2) is 0 Å². The van der Waals surface area contributed by atoms with Crippen molar-refractivity contribution in [2.24, 2.45) is 0 Å². The zero-order valence-electron chi connectivity index (χ0n) is 6.65. The Morgan fingerprint density at radius 3 is 1.36 bits per heavy atom. The zero-order chi connectivity index (χ0) is 11.1. The zero-order valence-corrected chi connectivity index (χ0v) is 6.65. The summed E-state index contributed by atoms with van der Waals surface area (Å²) in [6, 6.07) is 0. The van der Waals surface area contributed by atoms with Crippen LogP contribution in [-0.2, 0) is 28.7 Å². The first-order valence-electron chi connectivity index (χ1n) is 3.18. The quantitative estimate of drug-likeness (QED) is 0.469. The Bertz CT molecular complexity index is 220. The number of rotatable bonds is 7. The molecule has 0 saturated carbocycles. The van der Waals surface area contributed by atoms with Gasteiger partial charge in [-0.05, 0) is 0 Å². The Labute approximate surface area is 77.0 Å². The van der Waals surface area contributed by atoms with Gasteiger partial charge >= 0.3 is 11.9 Å². The molecule has 0 spiro atoms. The minimum atomic E-state index is -2.06. The molecule has 0 aliphatic heterocycles. The third-order valence-electron chi connectivity index (χ3n) is 1.17. The van der Waals surface area contributed by atoms with Crippen molar-refractivity contribution in [3.05, 3.63) is 0 Å². The molecule has 0 bridgehead atoms. The minimum Gasteiger partial charge on any atom is -0.478 e. The Balaban J connectivity index is 4.70. The van der Waals surface area contributed by atoms with Crippen LogP contribution in [0.3, 0.4) is 0 Å². The van der Waals surface area contributed by atoms with Crippen LogP contribution in [0.1, 0.15) is 0 Å². The van der Waals surface area contributed by atoms with Gasteiger partial charge in [0.2, 0.25) is 12.2 Å². The molecule has 78 valence electrons. The molecule has 0 aliphatic rings. The molecule has 8 heteroatoms. The van der Waals surface area contributed by atoms with Crippen LogP contribution in [0.5, 0.6) is 0 Å². The maximum absolute atomic E-state index is 10.4. The minimum absolute atomic E-state index is 0.247. The second-order valence-electron chi connectivity index (χ2n) is 1.98. The van der Waals surface area contributed by atoms with Crippen molar-refractivity contribution >= 4 is 24.9 Å². The highest BCUT2D eigenvalue weighted by Crippen LogP contribution is 2.03. The number of hydrogen-bond acceptors (Lipinski definition) is 6. The van der Waals surface area contributed by atoms with E-state index in [9.17, 15) is 19.2 Å². The molecule has 2 N–H and O–H groups in total. The average Bonchev–Trinajstić information content (AvgIpc) is 2.10. The molecule has 14 heavy (non-hydrogen) atoms. The SMILES string of the molecule is O=COC(C(=O)O)C(OC=O)C(=O)O. The lowest BCUT2D eigenvalue weighted by molar-refractivity contribution is -0.178. The summed E-state index contributed by atoms with van der Waals surface area (Å²) in [6.07, 6.45) is -4.12. The van der Waals surface area contributed by atoms with E-state index < -0.39 is 24.1 Å². The van der Waals surface area contributed by atoms with Crippen LogP contribution < -0.4 is 0 Å². The van der Waals surface area contributed by atoms with Crippen molar-refractivity contribution in [2.45, 2.75) is 12.2 Å². The first-order valence-corrected chi connectivity index (χ1v) is 3.18. The maximum atomic E-state index is 10.4. The van der Waals surface area contributed by atoms with E-state index >= 15 is 0 Å². The van der Waals surface area contributed by atoms with Gasteiger partial charge in [0, 0.05) is 0 Å². The van der Waals surface area contributed by atoms with Crippen molar-refractivity contribution in [1.29, 1.82) is 0 Å². The highest BCUT2D eigenvalue weighted by atomic mass is 16.6. The Morgan fingerprint density at radius 2 is 1.21 bits per heavy atom. The van der Waals surface area contributed by atoms with E-state index in [-0.39, 0.29) is 12.9 Å². The molecule has 2 unspecified atom stereocenters. The fourth-order valence-electron chi connectivity index (χ4n) is 0.638. The molecule has 0 radical (unpaired) electrons. The van der Waals surface area contributed by atoms with Gasteiger partial charge < -0.3 is 19.7 Å². The maximum Gasteiger partial charge on any atom is 0.349 e. The fourth-order valence-corrected chi connectivity index (χ4v) is 0.638. The van der Waals surface area contributed by atoms with E-state index in [0.29, 0.717) is 0 Å². The van der Waals surface area contributed by atoms with Crippen LogP contribution >= 0.6 is 0 Å². The van der Waals surface area contributed by atoms with Crippen molar-refractivity contribution in [3.8, 4) is 0 Å². The first-order chi connectivity index (χ1) is 6.54. The summed E-state index contributed by atoms with van der Waals surface area (Å²) in [5.74, 6) is -3.46. The topological polar surface area (TPSA) is 127 Å². The normalized spacial score (nSPS) is 13.4. The molecule has 0 aromatic rings. The van der Waals surface area contributed by atoms with Crippen LogP contribution in [0, 0.1) is 0 Å². The summed E-state index contributed by atoms with van der Waals surface area (Å²) in [5.41, 5.74) is 0. The molecular weight excluding hydrogens is 200 g/mol. The van der Waals surface area contributed by atoms with Crippen LogP contribution in [0.4, 0.5) is 0 Å². The summed E-state index contributed by atoms with van der Waals surface area (Å²) in [7, 11) is 0.